The van der Waals surface area contributed by atoms with Crippen molar-refractivity contribution in [2.45, 2.75) is 200 Å². The molecule has 4 rings (SSSR count). The molecule has 0 N–H and O–H groups in total. The monoisotopic (exact) mass is 850 g/mol. The van der Waals surface area contributed by atoms with Gasteiger partial charge in [-0.05, 0) is 80.0 Å². The zero-order valence-electron chi connectivity index (χ0n) is 38.9. The standard InChI is InChI=1S/C48H79N3O6Si2/c1-13-14-15-16-17-18-25-30-41(57-59(11,12)48(6,7)8)33-40-31-32-43-42(36-56-58(9,10)47(3,4)5)37(2)50(46(53)55-35-39-28-23-20-24-29-39)44(51(40)43)49-45(52)54-34-38-26-21-19-22-27-38/h19-24,26-29,37,40-43H,13-18,25,30-36H2,1-12H3/b49-44+/t37-,40+,41+,42+,43+/m1/s1. The average molecular weight is 850 g/mol. The zero-order valence-corrected chi connectivity index (χ0v) is 40.9. The van der Waals surface area contributed by atoms with Crippen molar-refractivity contribution in [1.82, 2.24) is 9.80 Å². The first-order valence-corrected chi connectivity index (χ1v) is 28.5. The number of aliphatic imine (C=N–C) groups is 1. The Morgan fingerprint density at radius 2 is 1.31 bits per heavy atom. The number of rotatable bonds is 19. The first-order chi connectivity index (χ1) is 27.8. The third-order valence-corrected chi connectivity index (χ3v) is 22.7. The predicted molar refractivity (Wildman–Crippen MR) is 247 cm³/mol. The zero-order chi connectivity index (χ0) is 43.4. The molecule has 2 aromatic rings. The van der Waals surface area contributed by atoms with Crippen molar-refractivity contribution >= 4 is 34.8 Å². The minimum absolute atomic E-state index is 0.00528. The molecule has 9 nitrogen and oxygen atoms in total. The molecule has 2 fully saturated rings. The Kier molecular flexibility index (Phi) is 17.9. The van der Waals surface area contributed by atoms with Crippen LogP contribution in [0, 0.1) is 5.92 Å². The predicted octanol–water partition coefficient (Wildman–Crippen LogP) is 13.1. The van der Waals surface area contributed by atoms with Crippen LogP contribution in [0.1, 0.15) is 137 Å². The molecule has 330 valence electrons. The SMILES string of the molecule is CCCCCCCCC[C@@H](C[C@@H]1CC[C@H]2[C@@H](CO[Si](C)(C)C(C)(C)C)[C@@H](C)N(C(=O)OCc3ccccc3)/C(=N\C(=O)OCc3ccccc3)N12)O[Si](C)(C)C(C)(C)C. The van der Waals surface area contributed by atoms with E-state index in [1.54, 1.807) is 4.90 Å². The number of carbonyl (C=O) groups excluding carboxylic acids is 2. The average Bonchev–Trinajstić information content (AvgIpc) is 3.58. The van der Waals surface area contributed by atoms with Crippen LogP contribution in [0.5, 0.6) is 0 Å². The highest BCUT2D eigenvalue weighted by molar-refractivity contribution is 6.74. The van der Waals surface area contributed by atoms with Gasteiger partial charge in [-0.15, -0.1) is 4.99 Å². The van der Waals surface area contributed by atoms with Gasteiger partial charge in [0.1, 0.15) is 13.2 Å². The van der Waals surface area contributed by atoms with Crippen molar-refractivity contribution in [3.8, 4) is 0 Å². The van der Waals surface area contributed by atoms with Crippen LogP contribution >= 0.6 is 0 Å². The highest BCUT2D eigenvalue weighted by Crippen LogP contribution is 2.44. The van der Waals surface area contributed by atoms with Crippen LogP contribution in [0.3, 0.4) is 0 Å². The van der Waals surface area contributed by atoms with Crippen LogP contribution < -0.4 is 0 Å². The lowest BCUT2D eigenvalue weighted by Crippen LogP contribution is -2.66. The number of unbranched alkanes of at least 4 members (excludes halogenated alkanes) is 6. The Hall–Kier alpha value is -3.00. The maximum atomic E-state index is 14.5. The number of amides is 2. The molecular weight excluding hydrogens is 771 g/mol. The van der Waals surface area contributed by atoms with E-state index in [2.05, 4.69) is 86.5 Å². The number of benzene rings is 2. The smallest absolute Gasteiger partial charge is 0.437 e. The Bertz CT molecular complexity index is 1620. The van der Waals surface area contributed by atoms with Crippen LogP contribution in [-0.4, -0.2) is 75.4 Å². The van der Waals surface area contributed by atoms with Gasteiger partial charge in [-0.25, -0.2) is 14.5 Å². The van der Waals surface area contributed by atoms with Gasteiger partial charge in [0, 0.05) is 36.8 Å². The quantitative estimate of drug-likeness (QED) is 0.103. The van der Waals surface area contributed by atoms with E-state index in [0.717, 1.165) is 43.2 Å². The van der Waals surface area contributed by atoms with E-state index in [1.807, 2.05) is 60.7 Å². The second kappa shape index (κ2) is 21.7. The lowest BCUT2D eigenvalue weighted by atomic mass is 9.88. The topological polar surface area (TPSA) is 89.9 Å². The van der Waals surface area contributed by atoms with Crippen LogP contribution in [0.2, 0.25) is 36.3 Å². The highest BCUT2D eigenvalue weighted by Gasteiger charge is 2.53. The molecule has 2 aromatic carbocycles. The molecule has 5 atom stereocenters. The number of fused-ring (bicyclic) bond motifs is 1. The van der Waals surface area contributed by atoms with Gasteiger partial charge < -0.3 is 23.2 Å². The fourth-order valence-corrected chi connectivity index (χ4v) is 10.3. The Balaban J connectivity index is 1.73. The first-order valence-electron chi connectivity index (χ1n) is 22.6. The number of carbonyl (C=O) groups is 2. The van der Waals surface area contributed by atoms with Crippen molar-refractivity contribution < 1.29 is 27.9 Å². The van der Waals surface area contributed by atoms with Crippen molar-refractivity contribution in [1.29, 1.82) is 0 Å². The van der Waals surface area contributed by atoms with Gasteiger partial charge in [-0.2, -0.15) is 0 Å². The minimum Gasteiger partial charge on any atom is -0.444 e. The maximum Gasteiger partial charge on any atom is 0.437 e. The van der Waals surface area contributed by atoms with Gasteiger partial charge in [-0.1, -0.05) is 154 Å². The summed E-state index contributed by atoms with van der Waals surface area (Å²) >= 11 is 0. The molecule has 0 bridgehead atoms. The molecule has 0 unspecified atom stereocenters. The van der Waals surface area contributed by atoms with Crippen molar-refractivity contribution in [3.63, 3.8) is 0 Å². The van der Waals surface area contributed by atoms with Crippen molar-refractivity contribution in [2.75, 3.05) is 6.61 Å². The van der Waals surface area contributed by atoms with E-state index >= 15 is 0 Å². The summed E-state index contributed by atoms with van der Waals surface area (Å²) in [4.78, 5) is 37.0. The molecule has 2 aliphatic heterocycles. The molecule has 2 aliphatic rings. The normalized spacial score (nSPS) is 21.4. The lowest BCUT2D eigenvalue weighted by Gasteiger charge is -2.51. The van der Waals surface area contributed by atoms with Crippen molar-refractivity contribution in [3.05, 3.63) is 71.8 Å². The third-order valence-electron chi connectivity index (χ3n) is 13.7. The molecule has 59 heavy (non-hydrogen) atoms. The molecule has 0 radical (unpaired) electrons. The number of hydrogen-bond acceptors (Lipinski definition) is 6. The number of nitrogens with zero attached hydrogens (tertiary/aromatic N) is 3. The lowest BCUT2D eigenvalue weighted by molar-refractivity contribution is 0.0298. The van der Waals surface area contributed by atoms with Crippen LogP contribution in [0.25, 0.3) is 0 Å². The minimum atomic E-state index is -2.15. The van der Waals surface area contributed by atoms with E-state index < -0.39 is 28.8 Å². The molecule has 11 heteroatoms. The summed E-state index contributed by atoms with van der Waals surface area (Å²) in [5.74, 6) is 0.271. The number of guanidine groups is 1. The molecule has 2 amide bonds. The molecule has 0 aromatic heterocycles. The van der Waals surface area contributed by atoms with Crippen LogP contribution in [-0.2, 0) is 31.5 Å². The van der Waals surface area contributed by atoms with Gasteiger partial charge >= 0.3 is 12.2 Å². The van der Waals surface area contributed by atoms with E-state index in [4.69, 9.17) is 23.3 Å². The van der Waals surface area contributed by atoms with Gasteiger partial charge in [0.25, 0.3) is 0 Å². The molecule has 0 spiro atoms. The van der Waals surface area contributed by atoms with Crippen LogP contribution in [0.15, 0.2) is 65.7 Å². The first kappa shape index (κ1) is 48.7. The maximum absolute atomic E-state index is 14.5. The summed E-state index contributed by atoms with van der Waals surface area (Å²) < 4.78 is 26.1. The summed E-state index contributed by atoms with van der Waals surface area (Å²) in [6.07, 6.45) is 11.1. The molecule has 0 aliphatic carbocycles. The van der Waals surface area contributed by atoms with Crippen molar-refractivity contribution in [2.24, 2.45) is 10.9 Å². The second-order valence-electron chi connectivity index (χ2n) is 20.2. The fraction of sp³-hybridized carbons (Fsp3) is 0.688. The Labute approximate surface area is 360 Å². The van der Waals surface area contributed by atoms with Gasteiger partial charge in [0.15, 0.2) is 16.6 Å². The number of ether oxygens (including phenoxy) is 2. The summed E-state index contributed by atoms with van der Waals surface area (Å²) in [7, 11) is -4.28. The highest BCUT2D eigenvalue weighted by atomic mass is 28.4. The van der Waals surface area contributed by atoms with E-state index in [1.165, 1.54) is 38.5 Å². The third kappa shape index (κ3) is 13.8. The fourth-order valence-electron chi connectivity index (χ4n) is 7.90. The van der Waals surface area contributed by atoms with Crippen LogP contribution in [0.4, 0.5) is 9.59 Å². The van der Waals surface area contributed by atoms with Gasteiger partial charge in [0.05, 0.1) is 0 Å². The largest absolute Gasteiger partial charge is 0.444 e. The summed E-state index contributed by atoms with van der Waals surface area (Å²) in [6, 6.07) is 19.0. The summed E-state index contributed by atoms with van der Waals surface area (Å²) in [6.45, 7) is 28.0. The van der Waals surface area contributed by atoms with Gasteiger partial charge in [-0.3, -0.25) is 0 Å². The Morgan fingerprint density at radius 1 is 0.763 bits per heavy atom. The molecule has 2 heterocycles. The van der Waals surface area contributed by atoms with E-state index in [0.29, 0.717) is 12.6 Å². The second-order valence-corrected chi connectivity index (χ2v) is 29.8. The molecule has 0 saturated carbocycles. The Morgan fingerprint density at radius 3 is 1.86 bits per heavy atom. The van der Waals surface area contributed by atoms with E-state index in [9.17, 15) is 9.59 Å². The number of hydrogen-bond donors (Lipinski definition) is 0. The molecule has 2 saturated heterocycles. The summed E-state index contributed by atoms with van der Waals surface area (Å²) in [5.41, 5.74) is 1.75. The van der Waals surface area contributed by atoms with E-state index in [-0.39, 0.29) is 53.4 Å². The van der Waals surface area contributed by atoms with Gasteiger partial charge in [0.2, 0.25) is 5.96 Å². The summed E-state index contributed by atoms with van der Waals surface area (Å²) in [5, 5.41) is 0.0847. The molecular formula is C48H79N3O6Si2.